The van der Waals surface area contributed by atoms with E-state index in [0.29, 0.717) is 12.1 Å². The lowest BCUT2D eigenvalue weighted by Crippen LogP contribution is -2.22. The van der Waals surface area contributed by atoms with Crippen molar-refractivity contribution in [1.29, 1.82) is 0 Å². The average Bonchev–Trinajstić information content (AvgIpc) is 2.87. The summed E-state index contributed by atoms with van der Waals surface area (Å²) in [4.78, 5) is 15.2. The molecule has 204 valence electrons. The number of hydrogen-bond acceptors (Lipinski definition) is 6. The number of allylic oxidation sites excluding steroid dienone is 1. The summed E-state index contributed by atoms with van der Waals surface area (Å²) in [7, 11) is 9.12. The highest BCUT2D eigenvalue weighted by Gasteiger charge is 2.18. The van der Waals surface area contributed by atoms with Crippen molar-refractivity contribution in [2.24, 2.45) is 12.8 Å². The molecule has 0 spiro atoms. The van der Waals surface area contributed by atoms with Crippen LogP contribution in [0.1, 0.15) is 62.1 Å². The van der Waals surface area contributed by atoms with Gasteiger partial charge in [-0.05, 0) is 69.7 Å². The molecule has 0 aliphatic carbocycles. The first-order valence-electron chi connectivity index (χ1n) is 13.2. The molecule has 0 atom stereocenters. The zero-order chi connectivity index (χ0) is 27.4. The van der Waals surface area contributed by atoms with Crippen LogP contribution in [0.4, 0.5) is 0 Å². The van der Waals surface area contributed by atoms with Crippen LogP contribution in [-0.2, 0) is 13.6 Å². The topological polar surface area (TPSA) is 81.8 Å². The number of pyridine rings is 1. The molecule has 1 heterocycles. The van der Waals surface area contributed by atoms with Gasteiger partial charge in [0.25, 0.3) is 5.56 Å². The standard InChI is InChI=1S/C30H46N4O3/c1-8-24-25(17-22(2)32-16-14-12-10-9-11-13-15-31)30(35)34(5)21-26(24)23-18-28(36-6)27(20-33(3)4)29(19-23)37-7/h8,17-19,21,32H,1,9-16,20,31H2,2-7H3/b22-17+. The van der Waals surface area contributed by atoms with Gasteiger partial charge in [-0.3, -0.25) is 4.79 Å². The van der Waals surface area contributed by atoms with Gasteiger partial charge in [0, 0.05) is 43.2 Å². The van der Waals surface area contributed by atoms with Crippen LogP contribution in [0.3, 0.4) is 0 Å². The van der Waals surface area contributed by atoms with Gasteiger partial charge >= 0.3 is 0 Å². The number of unbranched alkanes of at least 4 members (excludes halogenated alkanes) is 5. The number of aromatic nitrogens is 1. The summed E-state index contributed by atoms with van der Waals surface area (Å²) in [6.45, 7) is 8.38. The molecule has 0 bridgehead atoms. The normalized spacial score (nSPS) is 11.6. The molecule has 0 saturated heterocycles. The smallest absolute Gasteiger partial charge is 0.258 e. The van der Waals surface area contributed by atoms with Crippen molar-refractivity contribution in [2.75, 3.05) is 41.4 Å². The Kier molecular flexibility index (Phi) is 12.5. The third kappa shape index (κ3) is 8.51. The van der Waals surface area contributed by atoms with Crippen molar-refractivity contribution in [3.63, 3.8) is 0 Å². The molecule has 0 aliphatic heterocycles. The van der Waals surface area contributed by atoms with Gasteiger partial charge in [0.1, 0.15) is 11.5 Å². The van der Waals surface area contributed by atoms with Gasteiger partial charge in [0.2, 0.25) is 0 Å². The second kappa shape index (κ2) is 15.3. The van der Waals surface area contributed by atoms with E-state index in [-0.39, 0.29) is 5.56 Å². The van der Waals surface area contributed by atoms with Crippen LogP contribution >= 0.6 is 0 Å². The van der Waals surface area contributed by atoms with E-state index in [2.05, 4.69) is 16.8 Å². The first-order chi connectivity index (χ1) is 17.8. The summed E-state index contributed by atoms with van der Waals surface area (Å²) in [6.07, 6.45) is 12.6. The number of nitrogens with one attached hydrogen (secondary N) is 1. The molecule has 1 aromatic carbocycles. The van der Waals surface area contributed by atoms with Gasteiger partial charge in [-0.1, -0.05) is 38.3 Å². The second-order valence-corrected chi connectivity index (χ2v) is 9.75. The Hall–Kier alpha value is -3.03. The third-order valence-electron chi connectivity index (χ3n) is 6.45. The van der Waals surface area contributed by atoms with Crippen LogP contribution in [0.15, 0.2) is 35.4 Å². The number of methoxy groups -OCH3 is 2. The monoisotopic (exact) mass is 510 g/mol. The van der Waals surface area contributed by atoms with E-state index in [1.54, 1.807) is 31.9 Å². The zero-order valence-electron chi connectivity index (χ0n) is 23.7. The van der Waals surface area contributed by atoms with Gasteiger partial charge in [0.15, 0.2) is 0 Å². The van der Waals surface area contributed by atoms with Gasteiger partial charge < -0.3 is 30.0 Å². The molecule has 0 saturated carbocycles. The quantitative estimate of drug-likeness (QED) is 0.309. The predicted molar refractivity (Wildman–Crippen MR) is 156 cm³/mol. The summed E-state index contributed by atoms with van der Waals surface area (Å²) >= 11 is 0. The minimum Gasteiger partial charge on any atom is -0.496 e. The van der Waals surface area contributed by atoms with Gasteiger partial charge in [-0.15, -0.1) is 0 Å². The second-order valence-electron chi connectivity index (χ2n) is 9.75. The van der Waals surface area contributed by atoms with Crippen molar-refractivity contribution in [3.05, 3.63) is 57.6 Å². The highest BCUT2D eigenvalue weighted by atomic mass is 16.5. The summed E-state index contributed by atoms with van der Waals surface area (Å²) < 4.78 is 13.1. The molecule has 0 fully saturated rings. The van der Waals surface area contributed by atoms with Crippen LogP contribution in [0.5, 0.6) is 11.5 Å². The lowest BCUT2D eigenvalue weighted by molar-refractivity contribution is 0.349. The van der Waals surface area contributed by atoms with Crippen molar-refractivity contribution in [2.45, 2.75) is 52.0 Å². The van der Waals surface area contributed by atoms with E-state index in [0.717, 1.165) is 65.4 Å². The van der Waals surface area contributed by atoms with E-state index in [4.69, 9.17) is 15.2 Å². The zero-order valence-corrected chi connectivity index (χ0v) is 23.7. The Morgan fingerprint density at radius 1 is 1.05 bits per heavy atom. The lowest BCUT2D eigenvalue weighted by Gasteiger charge is -2.20. The fourth-order valence-electron chi connectivity index (χ4n) is 4.50. The van der Waals surface area contributed by atoms with Crippen LogP contribution in [0, 0.1) is 0 Å². The summed E-state index contributed by atoms with van der Waals surface area (Å²) in [5.74, 6) is 1.48. The van der Waals surface area contributed by atoms with Gasteiger partial charge in [-0.2, -0.15) is 0 Å². The number of benzene rings is 1. The molecule has 0 radical (unpaired) electrons. The number of rotatable bonds is 16. The van der Waals surface area contributed by atoms with Crippen LogP contribution in [0.25, 0.3) is 23.3 Å². The Bertz CT molecular complexity index is 1090. The number of aryl methyl sites for hydroxylation is 1. The number of nitrogens with zero attached hydrogens (tertiary/aromatic N) is 2. The van der Waals surface area contributed by atoms with Crippen LogP contribution in [0.2, 0.25) is 0 Å². The van der Waals surface area contributed by atoms with Crippen molar-refractivity contribution < 1.29 is 9.47 Å². The van der Waals surface area contributed by atoms with Crippen LogP contribution < -0.4 is 26.1 Å². The number of hydrogen-bond donors (Lipinski definition) is 2. The van der Waals surface area contributed by atoms with Gasteiger partial charge in [0.05, 0.1) is 19.8 Å². The maximum Gasteiger partial charge on any atom is 0.258 e. The first-order valence-corrected chi connectivity index (χ1v) is 13.2. The summed E-state index contributed by atoms with van der Waals surface area (Å²) in [5, 5.41) is 3.47. The van der Waals surface area contributed by atoms with Crippen LogP contribution in [-0.4, -0.2) is 50.9 Å². The molecule has 2 aromatic rings. The van der Waals surface area contributed by atoms with E-state index in [9.17, 15) is 4.79 Å². The molecule has 2 rings (SSSR count). The molecule has 0 unspecified atom stereocenters. The maximum atomic E-state index is 13.2. The third-order valence-corrected chi connectivity index (χ3v) is 6.45. The van der Waals surface area contributed by atoms with E-state index in [1.807, 2.05) is 45.4 Å². The summed E-state index contributed by atoms with van der Waals surface area (Å²) in [6, 6.07) is 4.00. The fraction of sp³-hybridized carbons (Fsp3) is 0.500. The molecule has 3 N–H and O–H groups in total. The van der Waals surface area contributed by atoms with E-state index >= 15 is 0 Å². The van der Waals surface area contributed by atoms with Crippen molar-refractivity contribution >= 4 is 12.2 Å². The maximum absolute atomic E-state index is 13.2. The average molecular weight is 511 g/mol. The summed E-state index contributed by atoms with van der Waals surface area (Å²) in [5.41, 5.74) is 10.6. The van der Waals surface area contributed by atoms with Gasteiger partial charge in [-0.25, -0.2) is 0 Å². The number of nitrogens with two attached hydrogens (primary N) is 1. The largest absolute Gasteiger partial charge is 0.496 e. The minimum absolute atomic E-state index is 0.0668. The number of ether oxygens (including phenoxy) is 2. The molecule has 0 amide bonds. The lowest BCUT2D eigenvalue weighted by atomic mass is 9.95. The SMILES string of the molecule is C=Cc1c(-c2cc(OC)c(CN(C)C)c(OC)c2)cn(C)c(=O)c1/C=C(\C)NCCCCCCCCN. The Labute approximate surface area is 223 Å². The highest BCUT2D eigenvalue weighted by molar-refractivity contribution is 5.81. The molecular weight excluding hydrogens is 464 g/mol. The van der Waals surface area contributed by atoms with E-state index < -0.39 is 0 Å². The molecular formula is C30H46N4O3. The highest BCUT2D eigenvalue weighted by Crippen LogP contribution is 2.37. The Morgan fingerprint density at radius 2 is 1.65 bits per heavy atom. The van der Waals surface area contributed by atoms with Crippen molar-refractivity contribution in [1.82, 2.24) is 14.8 Å². The first kappa shape index (κ1) is 30.2. The Morgan fingerprint density at radius 3 is 2.19 bits per heavy atom. The Balaban J connectivity index is 2.37. The predicted octanol–water partition coefficient (Wildman–Crippen LogP) is 5.02. The molecule has 0 aliphatic rings. The molecule has 37 heavy (non-hydrogen) atoms. The van der Waals surface area contributed by atoms with Crippen molar-refractivity contribution in [3.8, 4) is 22.6 Å². The fourth-order valence-corrected chi connectivity index (χ4v) is 4.50. The van der Waals surface area contributed by atoms with E-state index in [1.165, 1.54) is 25.7 Å². The molecule has 7 nitrogen and oxygen atoms in total. The minimum atomic E-state index is -0.0668. The molecule has 1 aromatic heterocycles. The molecule has 7 heteroatoms.